The number of aromatic amines is 1. The van der Waals surface area contributed by atoms with E-state index in [0.717, 1.165) is 12.3 Å². The highest BCUT2D eigenvalue weighted by Crippen LogP contribution is 2.38. The standard InChI is InChI=1S/C14H10F4N4/c15-9-5-7(19)1-2-10(9)22-11-3-4-20-13-12(11)8(6-21-13)14(16,17)18/h1-6H,19H2,(H2,20,21,22). The van der Waals surface area contributed by atoms with Crippen LogP contribution in [0.3, 0.4) is 0 Å². The van der Waals surface area contributed by atoms with E-state index in [1.54, 1.807) is 0 Å². The van der Waals surface area contributed by atoms with E-state index >= 15 is 0 Å². The van der Waals surface area contributed by atoms with Gasteiger partial charge in [0.25, 0.3) is 0 Å². The molecule has 114 valence electrons. The Morgan fingerprint density at radius 3 is 2.59 bits per heavy atom. The number of halogens is 4. The maximum atomic E-state index is 13.8. The molecule has 0 spiro atoms. The van der Waals surface area contributed by atoms with Gasteiger partial charge >= 0.3 is 6.18 Å². The van der Waals surface area contributed by atoms with Crippen LogP contribution >= 0.6 is 0 Å². The average molecular weight is 310 g/mol. The molecule has 8 heteroatoms. The van der Waals surface area contributed by atoms with Crippen LogP contribution in [0.2, 0.25) is 0 Å². The fourth-order valence-electron chi connectivity index (χ4n) is 2.16. The number of hydrogen-bond donors (Lipinski definition) is 3. The molecule has 0 saturated heterocycles. The summed E-state index contributed by atoms with van der Waals surface area (Å²) < 4.78 is 52.9. The summed E-state index contributed by atoms with van der Waals surface area (Å²) in [7, 11) is 0. The van der Waals surface area contributed by atoms with E-state index in [4.69, 9.17) is 5.73 Å². The molecule has 0 aliphatic heterocycles. The molecule has 4 nitrogen and oxygen atoms in total. The zero-order valence-corrected chi connectivity index (χ0v) is 11.0. The molecule has 2 aromatic heterocycles. The van der Waals surface area contributed by atoms with Crippen LogP contribution in [0.15, 0.2) is 36.7 Å². The van der Waals surface area contributed by atoms with Crippen molar-refractivity contribution in [2.75, 3.05) is 11.1 Å². The highest BCUT2D eigenvalue weighted by Gasteiger charge is 2.35. The molecule has 1 aromatic carbocycles. The van der Waals surface area contributed by atoms with Gasteiger partial charge in [-0.1, -0.05) is 0 Å². The van der Waals surface area contributed by atoms with E-state index in [2.05, 4.69) is 15.3 Å². The van der Waals surface area contributed by atoms with Gasteiger partial charge in [0.05, 0.1) is 22.3 Å². The van der Waals surface area contributed by atoms with Gasteiger partial charge in [-0.3, -0.25) is 0 Å². The van der Waals surface area contributed by atoms with Crippen molar-refractivity contribution in [3.63, 3.8) is 0 Å². The molecule has 0 aliphatic rings. The van der Waals surface area contributed by atoms with Crippen molar-refractivity contribution < 1.29 is 17.6 Å². The van der Waals surface area contributed by atoms with E-state index in [1.165, 1.54) is 24.4 Å². The summed E-state index contributed by atoms with van der Waals surface area (Å²) in [5, 5.41) is 2.50. The Balaban J connectivity index is 2.13. The molecule has 0 atom stereocenters. The van der Waals surface area contributed by atoms with Crippen LogP contribution in [-0.2, 0) is 6.18 Å². The van der Waals surface area contributed by atoms with Gasteiger partial charge in [-0.05, 0) is 24.3 Å². The molecule has 0 fully saturated rings. The fraction of sp³-hybridized carbons (Fsp3) is 0.0714. The van der Waals surface area contributed by atoms with Gasteiger partial charge in [-0.25, -0.2) is 9.37 Å². The Morgan fingerprint density at radius 1 is 1.14 bits per heavy atom. The summed E-state index contributed by atoms with van der Waals surface area (Å²) in [6.07, 6.45) is -2.38. The van der Waals surface area contributed by atoms with Crippen LogP contribution < -0.4 is 11.1 Å². The molecule has 0 saturated carbocycles. The number of nitrogens with one attached hydrogen (secondary N) is 2. The van der Waals surface area contributed by atoms with Gasteiger partial charge < -0.3 is 16.0 Å². The molecule has 0 radical (unpaired) electrons. The predicted molar refractivity (Wildman–Crippen MR) is 75.2 cm³/mol. The monoisotopic (exact) mass is 310 g/mol. The first-order valence-corrected chi connectivity index (χ1v) is 6.21. The second kappa shape index (κ2) is 4.90. The third-order valence-electron chi connectivity index (χ3n) is 3.14. The van der Waals surface area contributed by atoms with Crippen LogP contribution in [0, 0.1) is 5.82 Å². The number of benzene rings is 1. The Bertz CT molecular complexity index is 838. The maximum absolute atomic E-state index is 13.8. The quantitative estimate of drug-likeness (QED) is 0.494. The number of alkyl halides is 3. The van der Waals surface area contributed by atoms with E-state index in [-0.39, 0.29) is 28.1 Å². The van der Waals surface area contributed by atoms with Crippen molar-refractivity contribution in [2.45, 2.75) is 6.18 Å². The minimum Gasteiger partial charge on any atom is -0.399 e. The number of anilines is 3. The topological polar surface area (TPSA) is 66.7 Å². The first kappa shape index (κ1) is 14.2. The van der Waals surface area contributed by atoms with Gasteiger partial charge in [0, 0.05) is 18.1 Å². The summed E-state index contributed by atoms with van der Waals surface area (Å²) >= 11 is 0. The second-order valence-corrected chi connectivity index (χ2v) is 4.65. The highest BCUT2D eigenvalue weighted by atomic mass is 19.4. The lowest BCUT2D eigenvalue weighted by molar-refractivity contribution is -0.136. The predicted octanol–water partition coefficient (Wildman–Crippen LogP) is 4.05. The molecule has 0 bridgehead atoms. The SMILES string of the molecule is Nc1ccc(Nc2ccnc3[nH]cc(C(F)(F)F)c23)c(F)c1. The van der Waals surface area contributed by atoms with E-state index in [1.807, 2.05) is 0 Å². The van der Waals surface area contributed by atoms with Crippen LogP contribution in [0.25, 0.3) is 11.0 Å². The van der Waals surface area contributed by atoms with Crippen LogP contribution in [-0.4, -0.2) is 9.97 Å². The third-order valence-corrected chi connectivity index (χ3v) is 3.14. The zero-order chi connectivity index (χ0) is 15.9. The van der Waals surface area contributed by atoms with Gasteiger partial charge in [0.15, 0.2) is 0 Å². The van der Waals surface area contributed by atoms with Crippen molar-refractivity contribution >= 4 is 28.1 Å². The van der Waals surface area contributed by atoms with Gasteiger partial charge in [-0.15, -0.1) is 0 Å². The second-order valence-electron chi connectivity index (χ2n) is 4.65. The summed E-state index contributed by atoms with van der Waals surface area (Å²) in [5.41, 5.74) is 4.99. The molecule has 2 heterocycles. The summed E-state index contributed by atoms with van der Waals surface area (Å²) in [4.78, 5) is 6.30. The van der Waals surface area contributed by atoms with E-state index in [0.29, 0.717) is 0 Å². The van der Waals surface area contributed by atoms with E-state index < -0.39 is 17.6 Å². The molecular formula is C14H10F4N4. The number of nitrogen functional groups attached to an aromatic ring is 1. The molecule has 3 rings (SSSR count). The van der Waals surface area contributed by atoms with Gasteiger partial charge in [0.2, 0.25) is 0 Å². The molecular weight excluding hydrogens is 300 g/mol. The Morgan fingerprint density at radius 2 is 1.91 bits per heavy atom. The first-order chi connectivity index (χ1) is 10.4. The van der Waals surface area contributed by atoms with Gasteiger partial charge in [0.1, 0.15) is 11.5 Å². The average Bonchev–Trinajstić information content (AvgIpc) is 2.86. The van der Waals surface area contributed by atoms with Crippen LogP contribution in [0.1, 0.15) is 5.56 Å². The molecule has 4 N–H and O–H groups in total. The van der Waals surface area contributed by atoms with Crippen LogP contribution in [0.5, 0.6) is 0 Å². The summed E-state index contributed by atoms with van der Waals surface area (Å²) in [6.45, 7) is 0. The molecule has 3 aromatic rings. The minimum absolute atomic E-state index is 0.0241. The maximum Gasteiger partial charge on any atom is 0.418 e. The van der Waals surface area contributed by atoms with E-state index in [9.17, 15) is 17.6 Å². The normalized spacial score (nSPS) is 11.8. The highest BCUT2D eigenvalue weighted by molar-refractivity contribution is 5.94. The largest absolute Gasteiger partial charge is 0.418 e. The molecule has 22 heavy (non-hydrogen) atoms. The van der Waals surface area contributed by atoms with Crippen molar-refractivity contribution in [3.05, 3.63) is 48.0 Å². The number of aromatic nitrogens is 2. The number of rotatable bonds is 2. The number of pyridine rings is 1. The third kappa shape index (κ3) is 2.43. The number of nitrogens with two attached hydrogens (primary N) is 1. The fourth-order valence-corrected chi connectivity index (χ4v) is 2.16. The molecule has 0 aliphatic carbocycles. The Hall–Kier alpha value is -2.77. The summed E-state index contributed by atoms with van der Waals surface area (Å²) in [6, 6.07) is 5.24. The lowest BCUT2D eigenvalue weighted by Crippen LogP contribution is -2.05. The van der Waals surface area contributed by atoms with Crippen LogP contribution in [0.4, 0.5) is 34.6 Å². The minimum atomic E-state index is -4.54. The Labute approximate surface area is 122 Å². The molecule has 0 amide bonds. The number of fused-ring (bicyclic) bond motifs is 1. The van der Waals surface area contributed by atoms with Crippen molar-refractivity contribution in [3.8, 4) is 0 Å². The number of H-pyrrole nitrogens is 1. The van der Waals surface area contributed by atoms with Crippen molar-refractivity contribution in [1.29, 1.82) is 0 Å². The number of hydrogen-bond acceptors (Lipinski definition) is 3. The first-order valence-electron chi connectivity index (χ1n) is 6.21. The smallest absolute Gasteiger partial charge is 0.399 e. The zero-order valence-electron chi connectivity index (χ0n) is 11.0. The van der Waals surface area contributed by atoms with Gasteiger partial charge in [-0.2, -0.15) is 13.2 Å². The molecule has 0 unspecified atom stereocenters. The summed E-state index contributed by atoms with van der Waals surface area (Å²) in [5.74, 6) is -0.658. The lowest BCUT2D eigenvalue weighted by Gasteiger charge is -2.11. The van der Waals surface area contributed by atoms with Crippen molar-refractivity contribution in [2.24, 2.45) is 0 Å². The number of nitrogens with zero attached hydrogens (tertiary/aromatic N) is 1. The van der Waals surface area contributed by atoms with Crippen molar-refractivity contribution in [1.82, 2.24) is 9.97 Å². The Kier molecular flexibility index (Phi) is 3.16. The lowest BCUT2D eigenvalue weighted by atomic mass is 10.1.